The van der Waals surface area contributed by atoms with E-state index in [4.69, 9.17) is 21.4 Å². The molecule has 1 aliphatic heterocycles. The number of rotatable bonds is 10. The summed E-state index contributed by atoms with van der Waals surface area (Å²) in [5.74, 6) is 1.62. The highest BCUT2D eigenvalue weighted by molar-refractivity contribution is 7.91. The molecule has 0 atom stereocenters. The molecule has 1 aliphatic rings. The van der Waals surface area contributed by atoms with E-state index in [1.165, 1.54) is 0 Å². The van der Waals surface area contributed by atoms with Gasteiger partial charge in [0.25, 0.3) is 0 Å². The summed E-state index contributed by atoms with van der Waals surface area (Å²) in [5, 5.41) is 5.33. The molecule has 0 radical (unpaired) electrons. The molecule has 0 bridgehead atoms. The van der Waals surface area contributed by atoms with Crippen molar-refractivity contribution in [3.05, 3.63) is 70.9 Å². The van der Waals surface area contributed by atoms with Crippen LogP contribution in [0.4, 0.5) is 5.82 Å². The fourth-order valence-electron chi connectivity index (χ4n) is 4.16. The Morgan fingerprint density at radius 1 is 1.08 bits per heavy atom. The zero-order valence-electron chi connectivity index (χ0n) is 21.8. The zero-order valence-corrected chi connectivity index (χ0v) is 24.2. The zero-order chi connectivity index (χ0) is 26.6. The molecule has 0 N–H and O–H groups in total. The molecule has 206 valence electrons. The molecule has 1 aromatic heterocycles. The Labute approximate surface area is 235 Å². The van der Waals surface area contributed by atoms with E-state index in [9.17, 15) is 13.2 Å². The summed E-state index contributed by atoms with van der Waals surface area (Å²) in [6, 6.07) is 15.9. The van der Waals surface area contributed by atoms with Crippen LogP contribution in [0.1, 0.15) is 25.1 Å². The number of hydrogen-bond donors (Lipinski definition) is 0. The number of carbonyl (C=O) groups is 1. The van der Waals surface area contributed by atoms with Gasteiger partial charge in [-0.15, -0.1) is 12.4 Å². The minimum absolute atomic E-state index is 0. The number of ether oxygens (including phenoxy) is 1. The van der Waals surface area contributed by atoms with Gasteiger partial charge in [-0.05, 0) is 43.2 Å². The minimum Gasteiger partial charge on any atom is -0.493 e. The van der Waals surface area contributed by atoms with Crippen LogP contribution in [0.2, 0.25) is 5.02 Å². The normalized spacial score (nSPS) is 14.6. The molecule has 0 spiro atoms. The Morgan fingerprint density at radius 3 is 2.50 bits per heavy atom. The van der Waals surface area contributed by atoms with Gasteiger partial charge in [0.2, 0.25) is 5.91 Å². The smallest absolute Gasteiger partial charge is 0.242 e. The maximum atomic E-state index is 13.0. The van der Waals surface area contributed by atoms with Crippen molar-refractivity contribution in [2.24, 2.45) is 5.92 Å². The standard InChI is InChI=1S/C27H33ClN4O4S.ClH/c1-20(2)19-36-25-10-9-23(28)16-22(25)17-32-21(3)15-26(29-32)31-12-11-30(18-27(31)33)13-14-37(34,35)24-7-5-4-6-8-24;/h4-10,15-16,20H,11-14,17-19H2,1-3H3;1H. The summed E-state index contributed by atoms with van der Waals surface area (Å²) in [5.41, 5.74) is 1.83. The fourth-order valence-corrected chi connectivity index (χ4v) is 5.67. The Balaban J connectivity index is 0.00000400. The van der Waals surface area contributed by atoms with Crippen molar-refractivity contribution in [1.82, 2.24) is 14.7 Å². The molecule has 8 nitrogen and oxygen atoms in total. The number of benzene rings is 2. The second-order valence-corrected chi connectivity index (χ2v) is 12.3. The van der Waals surface area contributed by atoms with E-state index in [-0.39, 0.29) is 30.6 Å². The molecule has 0 saturated carbocycles. The lowest BCUT2D eigenvalue weighted by molar-refractivity contribution is -0.121. The van der Waals surface area contributed by atoms with Crippen LogP contribution in [0.3, 0.4) is 0 Å². The number of hydrogen-bond acceptors (Lipinski definition) is 6. The first kappa shape index (κ1) is 30.0. The van der Waals surface area contributed by atoms with Gasteiger partial charge < -0.3 is 4.74 Å². The Bertz CT molecular complexity index is 1350. The number of piperazine rings is 1. The number of aromatic nitrogens is 2. The van der Waals surface area contributed by atoms with E-state index in [0.717, 1.165) is 17.0 Å². The Hall–Kier alpha value is -2.59. The molecule has 1 amide bonds. The summed E-state index contributed by atoms with van der Waals surface area (Å²) in [7, 11) is -3.39. The van der Waals surface area contributed by atoms with E-state index >= 15 is 0 Å². The average molecular weight is 582 g/mol. The molecule has 3 aromatic rings. The molecular weight excluding hydrogens is 547 g/mol. The quantitative estimate of drug-likeness (QED) is 0.351. The fraction of sp³-hybridized carbons (Fsp3) is 0.407. The number of sulfone groups is 1. The number of carbonyl (C=O) groups excluding carboxylic acids is 1. The lowest BCUT2D eigenvalue weighted by Gasteiger charge is -2.32. The summed E-state index contributed by atoms with van der Waals surface area (Å²) in [6.45, 7) is 8.68. The van der Waals surface area contributed by atoms with Crippen LogP contribution in [-0.2, 0) is 21.2 Å². The van der Waals surface area contributed by atoms with Gasteiger partial charge in [-0.3, -0.25) is 19.3 Å². The van der Waals surface area contributed by atoms with Gasteiger partial charge in [0, 0.05) is 42.0 Å². The SMILES string of the molecule is Cc1cc(N2CCN(CCS(=O)(=O)c3ccccc3)CC2=O)nn1Cc1cc(Cl)ccc1OCC(C)C.Cl. The Kier molecular flexibility index (Phi) is 10.2. The first-order chi connectivity index (χ1) is 17.6. The third-order valence-corrected chi connectivity index (χ3v) is 8.18. The van der Waals surface area contributed by atoms with Gasteiger partial charge in [0.1, 0.15) is 5.75 Å². The van der Waals surface area contributed by atoms with Crippen LogP contribution >= 0.6 is 24.0 Å². The predicted octanol–water partition coefficient (Wildman–Crippen LogP) is 4.47. The molecule has 1 fully saturated rings. The van der Waals surface area contributed by atoms with Gasteiger partial charge in [-0.25, -0.2) is 8.42 Å². The monoisotopic (exact) mass is 580 g/mol. The highest BCUT2D eigenvalue weighted by Crippen LogP contribution is 2.26. The number of nitrogens with zero attached hydrogens (tertiary/aromatic N) is 4. The van der Waals surface area contributed by atoms with Crippen molar-refractivity contribution in [1.29, 1.82) is 0 Å². The highest BCUT2D eigenvalue weighted by Gasteiger charge is 2.28. The van der Waals surface area contributed by atoms with Crippen LogP contribution in [0.15, 0.2) is 59.5 Å². The van der Waals surface area contributed by atoms with E-state index < -0.39 is 9.84 Å². The largest absolute Gasteiger partial charge is 0.493 e. The van der Waals surface area contributed by atoms with Crippen molar-refractivity contribution in [3.63, 3.8) is 0 Å². The third kappa shape index (κ3) is 7.50. The van der Waals surface area contributed by atoms with Crippen molar-refractivity contribution in [2.75, 3.05) is 43.4 Å². The van der Waals surface area contributed by atoms with Gasteiger partial charge in [0.15, 0.2) is 15.7 Å². The van der Waals surface area contributed by atoms with E-state index in [2.05, 4.69) is 13.8 Å². The topological polar surface area (TPSA) is 84.7 Å². The number of halogens is 2. The Morgan fingerprint density at radius 2 is 1.82 bits per heavy atom. The van der Waals surface area contributed by atoms with Crippen LogP contribution < -0.4 is 9.64 Å². The van der Waals surface area contributed by atoms with Gasteiger partial charge in [-0.2, -0.15) is 5.10 Å². The molecule has 0 unspecified atom stereocenters. The van der Waals surface area contributed by atoms with Crippen molar-refractivity contribution >= 4 is 45.6 Å². The second kappa shape index (κ2) is 13.0. The van der Waals surface area contributed by atoms with Gasteiger partial charge in [-0.1, -0.05) is 43.6 Å². The van der Waals surface area contributed by atoms with E-state index in [0.29, 0.717) is 54.4 Å². The molecule has 11 heteroatoms. The molecular formula is C27H34Cl2N4O4S. The maximum absolute atomic E-state index is 13.0. The predicted molar refractivity (Wildman–Crippen MR) is 152 cm³/mol. The summed E-state index contributed by atoms with van der Waals surface area (Å²) >= 11 is 6.25. The van der Waals surface area contributed by atoms with Crippen molar-refractivity contribution < 1.29 is 17.9 Å². The molecule has 2 heterocycles. The molecule has 38 heavy (non-hydrogen) atoms. The van der Waals surface area contributed by atoms with Crippen molar-refractivity contribution in [2.45, 2.75) is 32.2 Å². The van der Waals surface area contributed by atoms with Gasteiger partial charge >= 0.3 is 0 Å². The highest BCUT2D eigenvalue weighted by atomic mass is 35.5. The number of amides is 1. The number of anilines is 1. The minimum atomic E-state index is -3.39. The molecule has 4 rings (SSSR count). The summed E-state index contributed by atoms with van der Waals surface area (Å²) in [6.07, 6.45) is 0. The van der Waals surface area contributed by atoms with Crippen LogP contribution in [0.25, 0.3) is 0 Å². The lowest BCUT2D eigenvalue weighted by atomic mass is 10.2. The molecule has 1 saturated heterocycles. The van der Waals surface area contributed by atoms with Crippen LogP contribution in [-0.4, -0.2) is 67.5 Å². The lowest BCUT2D eigenvalue weighted by Crippen LogP contribution is -2.51. The maximum Gasteiger partial charge on any atom is 0.242 e. The first-order valence-electron chi connectivity index (χ1n) is 12.4. The average Bonchev–Trinajstić information content (AvgIpc) is 3.22. The summed E-state index contributed by atoms with van der Waals surface area (Å²) < 4.78 is 33.0. The van der Waals surface area contributed by atoms with E-state index in [1.807, 2.05) is 40.8 Å². The summed E-state index contributed by atoms with van der Waals surface area (Å²) in [4.78, 5) is 16.8. The second-order valence-electron chi connectivity index (χ2n) is 9.71. The van der Waals surface area contributed by atoms with Gasteiger partial charge in [0.05, 0.1) is 30.3 Å². The molecule has 0 aliphatic carbocycles. The third-order valence-electron chi connectivity index (χ3n) is 6.24. The van der Waals surface area contributed by atoms with Crippen LogP contribution in [0.5, 0.6) is 5.75 Å². The van der Waals surface area contributed by atoms with Crippen molar-refractivity contribution in [3.8, 4) is 5.75 Å². The van der Waals surface area contributed by atoms with Crippen LogP contribution in [0, 0.1) is 12.8 Å². The first-order valence-corrected chi connectivity index (χ1v) is 14.4. The number of aryl methyl sites for hydroxylation is 1. The van der Waals surface area contributed by atoms with E-state index in [1.54, 1.807) is 35.2 Å². The molecule has 2 aromatic carbocycles.